The monoisotopic (exact) mass is 235 g/mol. The summed E-state index contributed by atoms with van der Waals surface area (Å²) in [6, 6.07) is 4.28. The molecule has 2 heteroatoms. The van der Waals surface area contributed by atoms with Gasteiger partial charge in [0.1, 0.15) is 5.75 Å². The molecule has 0 aliphatic rings. The molecular weight excluding hydrogens is 210 g/mol. The minimum absolute atomic E-state index is 0.135. The van der Waals surface area contributed by atoms with Crippen molar-refractivity contribution in [2.24, 2.45) is 11.7 Å². The number of benzene rings is 1. The Morgan fingerprint density at radius 1 is 1.12 bits per heavy atom. The quantitative estimate of drug-likeness (QED) is 0.843. The first-order valence-corrected chi connectivity index (χ1v) is 6.45. The van der Waals surface area contributed by atoms with Gasteiger partial charge in [0.2, 0.25) is 0 Å². The van der Waals surface area contributed by atoms with E-state index < -0.39 is 0 Å². The van der Waals surface area contributed by atoms with Crippen molar-refractivity contribution < 1.29 is 4.74 Å². The van der Waals surface area contributed by atoms with E-state index in [0.29, 0.717) is 5.92 Å². The Labute approximate surface area is 105 Å². The van der Waals surface area contributed by atoms with Crippen LogP contribution >= 0.6 is 0 Å². The van der Waals surface area contributed by atoms with Crippen molar-refractivity contribution in [3.8, 4) is 5.75 Å². The Hall–Kier alpha value is -1.02. The Bertz CT molecular complexity index is 346. The predicted molar refractivity (Wildman–Crippen MR) is 73.5 cm³/mol. The summed E-state index contributed by atoms with van der Waals surface area (Å²) in [5, 5.41) is 0. The minimum Gasteiger partial charge on any atom is -0.497 e. The molecule has 0 aromatic heterocycles. The van der Waals surface area contributed by atoms with Crippen LogP contribution in [0.5, 0.6) is 5.75 Å². The lowest BCUT2D eigenvalue weighted by molar-refractivity contribution is 0.399. The number of hydrogen-bond acceptors (Lipinski definition) is 2. The van der Waals surface area contributed by atoms with E-state index in [9.17, 15) is 0 Å². The summed E-state index contributed by atoms with van der Waals surface area (Å²) in [6.45, 7) is 8.66. The van der Waals surface area contributed by atoms with Gasteiger partial charge in [-0.2, -0.15) is 0 Å². The maximum absolute atomic E-state index is 6.41. The Kier molecular flexibility index (Phi) is 5.01. The fourth-order valence-corrected chi connectivity index (χ4v) is 2.61. The second-order valence-electron chi connectivity index (χ2n) is 4.78. The molecule has 1 unspecified atom stereocenters. The van der Waals surface area contributed by atoms with Crippen LogP contribution in [0.2, 0.25) is 0 Å². The van der Waals surface area contributed by atoms with Gasteiger partial charge in [-0.25, -0.2) is 0 Å². The molecule has 96 valence electrons. The Balaban J connectivity index is 3.13. The van der Waals surface area contributed by atoms with Crippen LogP contribution in [0.3, 0.4) is 0 Å². The van der Waals surface area contributed by atoms with Crippen LogP contribution in [-0.4, -0.2) is 7.11 Å². The number of rotatable bonds is 5. The van der Waals surface area contributed by atoms with Gasteiger partial charge >= 0.3 is 0 Å². The van der Waals surface area contributed by atoms with Gasteiger partial charge in [0.05, 0.1) is 7.11 Å². The smallest absolute Gasteiger partial charge is 0.119 e. The normalized spacial score (nSPS) is 12.9. The maximum atomic E-state index is 6.41. The van der Waals surface area contributed by atoms with Crippen molar-refractivity contribution >= 4 is 0 Å². The molecule has 0 radical (unpaired) electrons. The third-order valence-electron chi connectivity index (χ3n) is 3.69. The van der Waals surface area contributed by atoms with E-state index in [1.807, 2.05) is 0 Å². The molecule has 0 amide bonds. The van der Waals surface area contributed by atoms with Gasteiger partial charge < -0.3 is 10.5 Å². The molecule has 0 bridgehead atoms. The molecule has 0 spiro atoms. The molecule has 2 nitrogen and oxygen atoms in total. The predicted octanol–water partition coefficient (Wildman–Crippen LogP) is 3.75. The fourth-order valence-electron chi connectivity index (χ4n) is 2.61. The molecule has 0 saturated carbocycles. The summed E-state index contributed by atoms with van der Waals surface area (Å²) in [5.74, 6) is 1.47. The van der Waals surface area contributed by atoms with E-state index in [1.54, 1.807) is 7.11 Å². The lowest BCUT2D eigenvalue weighted by atomic mass is 9.85. The number of methoxy groups -OCH3 is 1. The van der Waals surface area contributed by atoms with Gasteiger partial charge in [0, 0.05) is 6.04 Å². The van der Waals surface area contributed by atoms with Crippen LogP contribution in [0, 0.1) is 19.8 Å². The summed E-state index contributed by atoms with van der Waals surface area (Å²) in [7, 11) is 1.70. The standard InChI is InChI=1S/C15H25NO/c1-6-12(7-2)15(16)14-10(3)8-13(17-5)9-11(14)4/h8-9,12,15H,6-7,16H2,1-5H3. The average molecular weight is 235 g/mol. The van der Waals surface area contributed by atoms with Crippen molar-refractivity contribution in [1.29, 1.82) is 0 Å². The van der Waals surface area contributed by atoms with E-state index in [0.717, 1.165) is 18.6 Å². The van der Waals surface area contributed by atoms with E-state index in [-0.39, 0.29) is 6.04 Å². The molecule has 1 aromatic rings. The summed E-state index contributed by atoms with van der Waals surface area (Å²) in [4.78, 5) is 0. The van der Waals surface area contributed by atoms with E-state index in [4.69, 9.17) is 10.5 Å². The zero-order valence-corrected chi connectivity index (χ0v) is 11.7. The number of aryl methyl sites for hydroxylation is 2. The lowest BCUT2D eigenvalue weighted by Crippen LogP contribution is -2.22. The third kappa shape index (κ3) is 3.01. The second-order valence-corrected chi connectivity index (χ2v) is 4.78. The molecular formula is C15H25NO. The topological polar surface area (TPSA) is 35.2 Å². The second kappa shape index (κ2) is 6.06. The first-order valence-electron chi connectivity index (χ1n) is 6.45. The summed E-state index contributed by atoms with van der Waals surface area (Å²) < 4.78 is 5.28. The summed E-state index contributed by atoms with van der Waals surface area (Å²) >= 11 is 0. The van der Waals surface area contributed by atoms with Gasteiger partial charge in [-0.1, -0.05) is 26.7 Å². The molecule has 0 aliphatic carbocycles. The molecule has 1 atom stereocenters. The van der Waals surface area contributed by atoms with Crippen molar-refractivity contribution in [2.45, 2.75) is 46.6 Å². The van der Waals surface area contributed by atoms with Crippen LogP contribution in [-0.2, 0) is 0 Å². The highest BCUT2D eigenvalue weighted by molar-refractivity contribution is 5.43. The van der Waals surface area contributed by atoms with Crippen LogP contribution in [0.4, 0.5) is 0 Å². The molecule has 1 aromatic carbocycles. The molecule has 17 heavy (non-hydrogen) atoms. The maximum Gasteiger partial charge on any atom is 0.119 e. The molecule has 2 N–H and O–H groups in total. The first kappa shape index (κ1) is 14.0. The van der Waals surface area contributed by atoms with Gasteiger partial charge in [-0.15, -0.1) is 0 Å². The molecule has 0 saturated heterocycles. The lowest BCUT2D eigenvalue weighted by Gasteiger charge is -2.25. The van der Waals surface area contributed by atoms with E-state index >= 15 is 0 Å². The van der Waals surface area contributed by atoms with E-state index in [1.165, 1.54) is 16.7 Å². The highest BCUT2D eigenvalue weighted by atomic mass is 16.5. The fraction of sp³-hybridized carbons (Fsp3) is 0.600. The number of ether oxygens (including phenoxy) is 1. The molecule has 1 rings (SSSR count). The van der Waals surface area contributed by atoms with Crippen LogP contribution < -0.4 is 10.5 Å². The third-order valence-corrected chi connectivity index (χ3v) is 3.69. The number of hydrogen-bond donors (Lipinski definition) is 1. The summed E-state index contributed by atoms with van der Waals surface area (Å²) in [6.07, 6.45) is 2.26. The van der Waals surface area contributed by atoms with Crippen LogP contribution in [0.25, 0.3) is 0 Å². The van der Waals surface area contributed by atoms with Crippen molar-refractivity contribution in [1.82, 2.24) is 0 Å². The van der Waals surface area contributed by atoms with Crippen molar-refractivity contribution in [3.63, 3.8) is 0 Å². The van der Waals surface area contributed by atoms with Gasteiger partial charge in [0.25, 0.3) is 0 Å². The first-order chi connectivity index (χ1) is 8.04. The average Bonchev–Trinajstić information content (AvgIpc) is 2.29. The Morgan fingerprint density at radius 3 is 1.94 bits per heavy atom. The minimum atomic E-state index is 0.135. The molecule has 0 fully saturated rings. The van der Waals surface area contributed by atoms with Crippen LogP contribution in [0.1, 0.15) is 49.4 Å². The van der Waals surface area contributed by atoms with Crippen LogP contribution in [0.15, 0.2) is 12.1 Å². The molecule has 0 aliphatic heterocycles. The molecule has 0 heterocycles. The summed E-state index contributed by atoms with van der Waals surface area (Å²) in [5.41, 5.74) is 10.2. The van der Waals surface area contributed by atoms with Crippen molar-refractivity contribution in [3.05, 3.63) is 28.8 Å². The van der Waals surface area contributed by atoms with Crippen molar-refractivity contribution in [2.75, 3.05) is 7.11 Å². The Morgan fingerprint density at radius 2 is 1.59 bits per heavy atom. The zero-order chi connectivity index (χ0) is 13.0. The highest BCUT2D eigenvalue weighted by Crippen LogP contribution is 2.32. The zero-order valence-electron chi connectivity index (χ0n) is 11.7. The van der Waals surface area contributed by atoms with Gasteiger partial charge in [0.15, 0.2) is 0 Å². The van der Waals surface area contributed by atoms with E-state index in [2.05, 4.69) is 39.8 Å². The number of nitrogens with two attached hydrogens (primary N) is 1. The SMILES string of the molecule is CCC(CC)C(N)c1c(C)cc(OC)cc1C. The largest absolute Gasteiger partial charge is 0.497 e. The van der Waals surface area contributed by atoms with Gasteiger partial charge in [-0.3, -0.25) is 0 Å². The van der Waals surface area contributed by atoms with Gasteiger partial charge in [-0.05, 0) is 48.6 Å². The highest BCUT2D eigenvalue weighted by Gasteiger charge is 2.20.